The Labute approximate surface area is 163 Å². The van der Waals surface area contributed by atoms with Crippen molar-refractivity contribution in [3.63, 3.8) is 0 Å². The average molecular weight is 461 g/mol. The fourth-order valence-electron chi connectivity index (χ4n) is 2.88. The summed E-state index contributed by atoms with van der Waals surface area (Å²) in [6.45, 7) is 5.83. The Balaban J connectivity index is 0.00000208. The smallest absolute Gasteiger partial charge is 0.189 e. The molecule has 6 nitrogen and oxygen atoms in total. The highest BCUT2D eigenvalue weighted by atomic mass is 127. The fraction of sp³-hybridized carbons (Fsp3) is 0.500. The molecule has 0 bridgehead atoms. The minimum atomic E-state index is 0. The molecule has 1 unspecified atom stereocenters. The predicted octanol–water partition coefficient (Wildman–Crippen LogP) is 2.91. The molecule has 0 saturated carbocycles. The van der Waals surface area contributed by atoms with E-state index in [1.165, 1.54) is 19.4 Å². The standard InChI is InChI=1S/C16H23N5OS.HI/c1-2-21-7-3-5-13(21)10-19-16(17)18-9-12-11-23-15(20-12)14-6-4-8-22-14;/h4,6,8,11,13H,2-3,5,7,9-10H2,1H3,(H3,17,18,19);1H. The first-order valence-corrected chi connectivity index (χ1v) is 8.90. The molecule has 1 aliphatic rings. The van der Waals surface area contributed by atoms with Gasteiger partial charge in [-0.15, -0.1) is 35.3 Å². The van der Waals surface area contributed by atoms with E-state index in [0.29, 0.717) is 18.5 Å². The number of likely N-dealkylation sites (tertiary alicyclic amines) is 1. The number of guanidine groups is 1. The minimum absolute atomic E-state index is 0. The molecule has 2 aromatic rings. The summed E-state index contributed by atoms with van der Waals surface area (Å²) in [6.07, 6.45) is 4.15. The van der Waals surface area contributed by atoms with Gasteiger partial charge in [0.2, 0.25) is 0 Å². The van der Waals surface area contributed by atoms with E-state index in [1.54, 1.807) is 17.6 Å². The molecule has 0 amide bonds. The van der Waals surface area contributed by atoms with Crippen molar-refractivity contribution >= 4 is 41.3 Å². The first-order valence-electron chi connectivity index (χ1n) is 8.02. The molecule has 3 heterocycles. The number of halogens is 1. The zero-order chi connectivity index (χ0) is 16.1. The summed E-state index contributed by atoms with van der Waals surface area (Å²) in [5.41, 5.74) is 6.87. The molecule has 2 aromatic heterocycles. The van der Waals surface area contributed by atoms with Crippen LogP contribution in [0.5, 0.6) is 0 Å². The van der Waals surface area contributed by atoms with E-state index < -0.39 is 0 Å². The van der Waals surface area contributed by atoms with E-state index in [0.717, 1.165) is 29.6 Å². The van der Waals surface area contributed by atoms with Crippen LogP contribution in [0.3, 0.4) is 0 Å². The lowest BCUT2D eigenvalue weighted by Gasteiger charge is -2.23. The number of hydrogen-bond acceptors (Lipinski definition) is 5. The molecule has 132 valence electrons. The van der Waals surface area contributed by atoms with Gasteiger partial charge in [0.05, 0.1) is 18.5 Å². The van der Waals surface area contributed by atoms with E-state index >= 15 is 0 Å². The Hall–Kier alpha value is -1.13. The zero-order valence-corrected chi connectivity index (χ0v) is 16.9. The summed E-state index contributed by atoms with van der Waals surface area (Å²) in [6, 6.07) is 4.33. The molecule has 1 fully saturated rings. The summed E-state index contributed by atoms with van der Waals surface area (Å²) in [5, 5.41) is 6.10. The van der Waals surface area contributed by atoms with Crippen LogP contribution < -0.4 is 11.1 Å². The Morgan fingerprint density at radius 2 is 2.46 bits per heavy atom. The predicted molar refractivity (Wildman–Crippen MR) is 109 cm³/mol. The van der Waals surface area contributed by atoms with Crippen molar-refractivity contribution in [3.8, 4) is 10.8 Å². The van der Waals surface area contributed by atoms with Gasteiger partial charge in [-0.05, 0) is 38.1 Å². The van der Waals surface area contributed by atoms with Gasteiger partial charge >= 0.3 is 0 Å². The lowest BCUT2D eigenvalue weighted by Crippen LogP contribution is -2.42. The van der Waals surface area contributed by atoms with Crippen LogP contribution in [0.25, 0.3) is 10.8 Å². The monoisotopic (exact) mass is 461 g/mol. The number of nitrogens with two attached hydrogens (primary N) is 1. The molecule has 24 heavy (non-hydrogen) atoms. The molecule has 1 atom stereocenters. The summed E-state index contributed by atoms with van der Waals surface area (Å²) in [4.78, 5) is 11.4. The molecular formula is C16H24IN5OS. The molecule has 0 aliphatic carbocycles. The van der Waals surface area contributed by atoms with Crippen molar-refractivity contribution in [3.05, 3.63) is 29.5 Å². The maximum absolute atomic E-state index is 5.97. The van der Waals surface area contributed by atoms with Gasteiger partial charge in [-0.2, -0.15) is 0 Å². The van der Waals surface area contributed by atoms with Crippen LogP contribution in [0.4, 0.5) is 0 Å². The highest BCUT2D eigenvalue weighted by Gasteiger charge is 2.22. The Morgan fingerprint density at radius 3 is 3.21 bits per heavy atom. The number of aromatic nitrogens is 1. The van der Waals surface area contributed by atoms with Gasteiger partial charge in [0.15, 0.2) is 16.7 Å². The summed E-state index contributed by atoms with van der Waals surface area (Å²) >= 11 is 1.55. The van der Waals surface area contributed by atoms with Crippen molar-refractivity contribution in [2.75, 3.05) is 19.6 Å². The van der Waals surface area contributed by atoms with Crippen LogP contribution >= 0.6 is 35.3 Å². The number of thiazole rings is 1. The third-order valence-corrected chi connectivity index (χ3v) is 5.02. The zero-order valence-electron chi connectivity index (χ0n) is 13.8. The van der Waals surface area contributed by atoms with Crippen molar-refractivity contribution in [2.45, 2.75) is 32.4 Å². The van der Waals surface area contributed by atoms with Crippen LogP contribution in [0, 0.1) is 0 Å². The number of rotatable bonds is 6. The topological polar surface area (TPSA) is 79.7 Å². The van der Waals surface area contributed by atoms with Gasteiger partial charge in [0.1, 0.15) is 0 Å². The summed E-state index contributed by atoms with van der Waals surface area (Å²) < 4.78 is 5.35. The maximum atomic E-state index is 5.97. The van der Waals surface area contributed by atoms with Crippen LogP contribution in [0.1, 0.15) is 25.5 Å². The van der Waals surface area contributed by atoms with Crippen LogP contribution in [-0.4, -0.2) is 41.5 Å². The fourth-order valence-corrected chi connectivity index (χ4v) is 3.66. The second kappa shape index (κ2) is 9.38. The molecule has 3 rings (SSSR count). The van der Waals surface area contributed by atoms with Crippen molar-refractivity contribution in [1.29, 1.82) is 0 Å². The lowest BCUT2D eigenvalue weighted by atomic mass is 10.2. The van der Waals surface area contributed by atoms with Gasteiger partial charge < -0.3 is 15.5 Å². The Morgan fingerprint density at radius 1 is 1.58 bits per heavy atom. The quantitative estimate of drug-likeness (QED) is 0.393. The minimum Gasteiger partial charge on any atom is -0.462 e. The van der Waals surface area contributed by atoms with Gasteiger partial charge in [0, 0.05) is 18.0 Å². The molecule has 0 radical (unpaired) electrons. The maximum Gasteiger partial charge on any atom is 0.189 e. The third kappa shape index (κ3) is 4.93. The number of furan rings is 1. The SMILES string of the molecule is CCN1CCCC1CNC(N)=NCc1csc(-c2ccco2)n1.I. The Kier molecular flexibility index (Phi) is 7.50. The van der Waals surface area contributed by atoms with Crippen LogP contribution in [0.15, 0.2) is 33.2 Å². The molecule has 0 aromatic carbocycles. The second-order valence-electron chi connectivity index (χ2n) is 5.63. The first kappa shape index (κ1) is 19.2. The lowest BCUT2D eigenvalue weighted by molar-refractivity contribution is 0.267. The van der Waals surface area contributed by atoms with Gasteiger partial charge in [-0.3, -0.25) is 4.90 Å². The number of nitrogens with zero attached hydrogens (tertiary/aromatic N) is 3. The second-order valence-corrected chi connectivity index (χ2v) is 6.49. The van der Waals surface area contributed by atoms with E-state index in [1.807, 2.05) is 17.5 Å². The summed E-state index contributed by atoms with van der Waals surface area (Å²) in [7, 11) is 0. The number of aliphatic imine (C=N–C) groups is 1. The third-order valence-electron chi connectivity index (χ3n) is 4.12. The van der Waals surface area contributed by atoms with Gasteiger partial charge in [-0.1, -0.05) is 6.92 Å². The van der Waals surface area contributed by atoms with Gasteiger partial charge in [0.25, 0.3) is 0 Å². The van der Waals surface area contributed by atoms with Crippen LogP contribution in [0.2, 0.25) is 0 Å². The number of hydrogen-bond donors (Lipinski definition) is 2. The molecule has 1 aliphatic heterocycles. The van der Waals surface area contributed by atoms with Crippen molar-refractivity contribution < 1.29 is 4.42 Å². The Bertz CT molecular complexity index is 643. The summed E-state index contributed by atoms with van der Waals surface area (Å²) in [5.74, 6) is 1.28. The molecular weight excluding hydrogens is 437 g/mol. The molecule has 8 heteroatoms. The number of likely N-dealkylation sites (N-methyl/N-ethyl adjacent to an activating group) is 1. The van der Waals surface area contributed by atoms with E-state index in [9.17, 15) is 0 Å². The van der Waals surface area contributed by atoms with Crippen molar-refractivity contribution in [1.82, 2.24) is 15.2 Å². The van der Waals surface area contributed by atoms with E-state index in [2.05, 4.69) is 27.1 Å². The number of nitrogens with one attached hydrogen (secondary N) is 1. The average Bonchev–Trinajstić information content (AvgIpc) is 3.31. The van der Waals surface area contributed by atoms with Gasteiger partial charge in [-0.25, -0.2) is 9.98 Å². The van der Waals surface area contributed by atoms with Crippen molar-refractivity contribution in [2.24, 2.45) is 10.7 Å². The van der Waals surface area contributed by atoms with Crippen LogP contribution in [-0.2, 0) is 6.54 Å². The normalized spacial score (nSPS) is 18.5. The highest BCUT2D eigenvalue weighted by molar-refractivity contribution is 14.0. The molecule has 3 N–H and O–H groups in total. The van der Waals surface area contributed by atoms with E-state index in [4.69, 9.17) is 10.2 Å². The van der Waals surface area contributed by atoms with E-state index in [-0.39, 0.29) is 24.0 Å². The molecule has 1 saturated heterocycles. The first-order chi connectivity index (χ1) is 11.3. The largest absolute Gasteiger partial charge is 0.462 e. The molecule has 0 spiro atoms. The highest BCUT2D eigenvalue weighted by Crippen LogP contribution is 2.24.